The van der Waals surface area contributed by atoms with Crippen LogP contribution in [-0.4, -0.2) is 11.1 Å². The lowest BCUT2D eigenvalue weighted by atomic mass is 10.0. The van der Waals surface area contributed by atoms with E-state index < -0.39 is 12.1 Å². The Hall–Kier alpha value is -0.870. The quantitative estimate of drug-likeness (QED) is 0.558. The van der Waals surface area contributed by atoms with E-state index in [9.17, 15) is 9.90 Å². The van der Waals surface area contributed by atoms with Crippen LogP contribution in [0.5, 0.6) is 5.75 Å². The van der Waals surface area contributed by atoms with Crippen molar-refractivity contribution >= 4 is 21.9 Å². The molecule has 0 bridgehead atoms. The van der Waals surface area contributed by atoms with Gasteiger partial charge in [-0.2, -0.15) is 0 Å². The van der Waals surface area contributed by atoms with Crippen molar-refractivity contribution in [3.63, 3.8) is 0 Å². The highest BCUT2D eigenvalue weighted by atomic mass is 79.9. The molecule has 1 unspecified atom stereocenters. The predicted octanol–water partition coefficient (Wildman–Crippen LogP) is 1.79. The first kappa shape index (κ1) is 8.72. The molecular formula is C9H7BrO3. The summed E-state index contributed by atoms with van der Waals surface area (Å²) >= 11 is 3.26. The van der Waals surface area contributed by atoms with Crippen LogP contribution in [-0.2, 0) is 4.79 Å². The average Bonchev–Trinajstić information content (AvgIpc) is 2.02. The summed E-state index contributed by atoms with van der Waals surface area (Å²) in [6.07, 6.45) is -0.696. The molecule has 1 aromatic rings. The Balaban J connectivity index is 2.49. The first-order valence-corrected chi connectivity index (χ1v) is 4.64. The van der Waals surface area contributed by atoms with E-state index in [1.165, 1.54) is 0 Å². The maximum absolute atomic E-state index is 10.9. The highest BCUT2D eigenvalue weighted by molar-refractivity contribution is 9.10. The van der Waals surface area contributed by atoms with Gasteiger partial charge in [-0.3, -0.25) is 4.79 Å². The van der Waals surface area contributed by atoms with Gasteiger partial charge < -0.3 is 9.84 Å². The Kier molecular flexibility index (Phi) is 2.09. The minimum absolute atomic E-state index is 0.0363. The molecule has 0 amide bonds. The van der Waals surface area contributed by atoms with E-state index in [2.05, 4.69) is 15.9 Å². The number of carbonyl (C=O) groups excluding carboxylic acids is 1. The summed E-state index contributed by atoms with van der Waals surface area (Å²) in [7, 11) is 0. The van der Waals surface area contributed by atoms with Crippen LogP contribution in [0.1, 0.15) is 18.1 Å². The minimum Gasteiger partial charge on any atom is -0.426 e. The topological polar surface area (TPSA) is 46.5 Å². The first-order valence-electron chi connectivity index (χ1n) is 3.85. The van der Waals surface area contributed by atoms with Gasteiger partial charge in [-0.15, -0.1) is 0 Å². The molecular weight excluding hydrogens is 236 g/mol. The highest BCUT2D eigenvalue weighted by Crippen LogP contribution is 2.34. The molecule has 0 spiro atoms. The normalized spacial score (nSPS) is 20.8. The Morgan fingerprint density at radius 3 is 3.08 bits per heavy atom. The van der Waals surface area contributed by atoms with Gasteiger partial charge in [0.25, 0.3) is 0 Å². The number of aliphatic hydroxyl groups is 1. The number of ether oxygens (including phenoxy) is 1. The standard InChI is InChI=1S/C9H7BrO3/c10-5-1-2-6-7(11)4-9(12)13-8(6)3-5/h1-3,7,11H,4H2. The van der Waals surface area contributed by atoms with Gasteiger partial charge >= 0.3 is 5.97 Å². The van der Waals surface area contributed by atoms with E-state index in [0.717, 1.165) is 4.47 Å². The predicted molar refractivity (Wildman–Crippen MR) is 49.4 cm³/mol. The maximum atomic E-state index is 10.9. The van der Waals surface area contributed by atoms with Gasteiger partial charge in [0, 0.05) is 10.0 Å². The molecule has 68 valence electrons. The molecule has 0 fully saturated rings. The van der Waals surface area contributed by atoms with Crippen LogP contribution >= 0.6 is 15.9 Å². The third kappa shape index (κ3) is 1.59. The summed E-state index contributed by atoms with van der Waals surface area (Å²) in [6.45, 7) is 0. The zero-order valence-corrected chi connectivity index (χ0v) is 8.24. The number of hydrogen-bond acceptors (Lipinski definition) is 3. The van der Waals surface area contributed by atoms with Crippen molar-refractivity contribution in [1.82, 2.24) is 0 Å². The fourth-order valence-electron chi connectivity index (χ4n) is 1.30. The number of fused-ring (bicyclic) bond motifs is 1. The smallest absolute Gasteiger partial charge is 0.314 e. The molecule has 0 saturated heterocycles. The van der Waals surface area contributed by atoms with Crippen LogP contribution in [0.4, 0.5) is 0 Å². The molecule has 1 aromatic carbocycles. The second-order valence-electron chi connectivity index (χ2n) is 2.88. The van der Waals surface area contributed by atoms with E-state index in [0.29, 0.717) is 11.3 Å². The lowest BCUT2D eigenvalue weighted by molar-refractivity contribution is -0.138. The first-order chi connectivity index (χ1) is 6.16. The number of halogens is 1. The molecule has 1 N–H and O–H groups in total. The summed E-state index contributed by atoms with van der Waals surface area (Å²) in [4.78, 5) is 10.9. The monoisotopic (exact) mass is 242 g/mol. The van der Waals surface area contributed by atoms with Crippen molar-refractivity contribution in [3.8, 4) is 5.75 Å². The van der Waals surface area contributed by atoms with Crippen molar-refractivity contribution in [2.45, 2.75) is 12.5 Å². The van der Waals surface area contributed by atoms with Crippen molar-refractivity contribution in [1.29, 1.82) is 0 Å². The molecule has 1 atom stereocenters. The average molecular weight is 243 g/mol. The van der Waals surface area contributed by atoms with E-state index >= 15 is 0 Å². The van der Waals surface area contributed by atoms with Crippen molar-refractivity contribution in [2.24, 2.45) is 0 Å². The van der Waals surface area contributed by atoms with Gasteiger partial charge in [0.05, 0.1) is 12.5 Å². The third-order valence-corrected chi connectivity index (χ3v) is 2.41. The van der Waals surface area contributed by atoms with Gasteiger partial charge in [0.1, 0.15) is 5.75 Å². The summed E-state index contributed by atoms with van der Waals surface area (Å²) in [5.74, 6) is 0.0521. The molecule has 13 heavy (non-hydrogen) atoms. The summed E-state index contributed by atoms with van der Waals surface area (Å²) in [6, 6.07) is 5.23. The molecule has 1 aliphatic rings. The number of hydrogen-bond donors (Lipinski definition) is 1. The molecule has 2 rings (SSSR count). The number of aliphatic hydroxyl groups excluding tert-OH is 1. The molecule has 1 aliphatic heterocycles. The van der Waals surface area contributed by atoms with E-state index in [-0.39, 0.29) is 6.42 Å². The summed E-state index contributed by atoms with van der Waals surface area (Å²) in [5, 5.41) is 9.51. The van der Waals surface area contributed by atoms with Gasteiger partial charge in [0.2, 0.25) is 0 Å². The number of rotatable bonds is 0. The number of carbonyl (C=O) groups is 1. The molecule has 1 heterocycles. The van der Waals surface area contributed by atoms with Crippen LogP contribution in [0.25, 0.3) is 0 Å². The zero-order chi connectivity index (χ0) is 9.42. The summed E-state index contributed by atoms with van der Waals surface area (Å²) < 4.78 is 5.78. The SMILES string of the molecule is O=C1CC(O)c2ccc(Br)cc2O1. The Morgan fingerprint density at radius 1 is 1.54 bits per heavy atom. The molecule has 0 saturated carbocycles. The van der Waals surface area contributed by atoms with E-state index in [1.807, 2.05) is 0 Å². The van der Waals surface area contributed by atoms with Crippen LogP contribution in [0.15, 0.2) is 22.7 Å². The second-order valence-corrected chi connectivity index (χ2v) is 3.79. The maximum Gasteiger partial charge on any atom is 0.314 e. The Labute approximate surface area is 83.5 Å². The summed E-state index contributed by atoms with van der Waals surface area (Å²) in [5.41, 5.74) is 0.669. The molecule has 4 heteroatoms. The second kappa shape index (κ2) is 3.12. The van der Waals surface area contributed by atoms with Gasteiger partial charge in [-0.1, -0.05) is 22.0 Å². The van der Waals surface area contributed by atoms with Gasteiger partial charge in [-0.05, 0) is 12.1 Å². The van der Waals surface area contributed by atoms with Crippen LogP contribution in [0.2, 0.25) is 0 Å². The number of esters is 1. The van der Waals surface area contributed by atoms with Crippen molar-refractivity contribution in [3.05, 3.63) is 28.2 Å². The van der Waals surface area contributed by atoms with Crippen molar-refractivity contribution < 1.29 is 14.6 Å². The van der Waals surface area contributed by atoms with E-state index in [1.54, 1.807) is 18.2 Å². The lowest BCUT2D eigenvalue weighted by Gasteiger charge is -2.20. The fraction of sp³-hybridized carbons (Fsp3) is 0.222. The zero-order valence-electron chi connectivity index (χ0n) is 6.66. The van der Waals surface area contributed by atoms with Gasteiger partial charge in [-0.25, -0.2) is 0 Å². The van der Waals surface area contributed by atoms with Crippen LogP contribution < -0.4 is 4.74 Å². The Bertz CT molecular complexity index is 362. The largest absolute Gasteiger partial charge is 0.426 e. The highest BCUT2D eigenvalue weighted by Gasteiger charge is 2.24. The molecule has 0 aromatic heterocycles. The third-order valence-electron chi connectivity index (χ3n) is 1.92. The molecule has 0 aliphatic carbocycles. The molecule has 3 nitrogen and oxygen atoms in total. The van der Waals surface area contributed by atoms with E-state index in [4.69, 9.17) is 4.74 Å². The van der Waals surface area contributed by atoms with Crippen LogP contribution in [0, 0.1) is 0 Å². The van der Waals surface area contributed by atoms with Crippen molar-refractivity contribution in [2.75, 3.05) is 0 Å². The minimum atomic E-state index is -0.732. The Morgan fingerprint density at radius 2 is 2.31 bits per heavy atom. The fourth-order valence-corrected chi connectivity index (χ4v) is 1.64. The van der Waals surface area contributed by atoms with Crippen LogP contribution in [0.3, 0.4) is 0 Å². The number of benzene rings is 1. The van der Waals surface area contributed by atoms with Gasteiger partial charge in [0.15, 0.2) is 0 Å². The lowest BCUT2D eigenvalue weighted by Crippen LogP contribution is -2.19. The molecule has 0 radical (unpaired) electrons.